The molecule has 0 radical (unpaired) electrons. The Hall–Kier alpha value is -2.76. The summed E-state index contributed by atoms with van der Waals surface area (Å²) in [5.74, 6) is 0.189. The van der Waals surface area contributed by atoms with Crippen molar-refractivity contribution >= 4 is 11.8 Å². The number of rotatable bonds is 3. The Morgan fingerprint density at radius 2 is 1.83 bits per heavy atom. The molecule has 1 spiro atoms. The highest BCUT2D eigenvalue weighted by Gasteiger charge is 2.49. The van der Waals surface area contributed by atoms with Crippen LogP contribution in [0.5, 0.6) is 0 Å². The van der Waals surface area contributed by atoms with Crippen LogP contribution in [0.1, 0.15) is 54.1 Å². The highest BCUT2D eigenvalue weighted by atomic mass is 16.2. The standard InChI is InChI=1S/C23H26N4O2/c28-21-19(17-4-2-1-3-5-17)14-23(16-27(21)18-6-7-18)8-12-26(13-9-23)22(29)20-15-24-10-11-25-20/h1-5,10-11,15,18-19H,6-9,12-14,16H2/t19-/m0/s1. The molecule has 6 nitrogen and oxygen atoms in total. The lowest BCUT2D eigenvalue weighted by Crippen LogP contribution is -2.55. The van der Waals surface area contributed by atoms with Gasteiger partial charge in [0.15, 0.2) is 0 Å². The van der Waals surface area contributed by atoms with E-state index < -0.39 is 0 Å². The summed E-state index contributed by atoms with van der Waals surface area (Å²) in [6.07, 6.45) is 9.66. The summed E-state index contributed by atoms with van der Waals surface area (Å²) in [5, 5.41) is 0. The van der Waals surface area contributed by atoms with Crippen LogP contribution >= 0.6 is 0 Å². The first-order chi connectivity index (χ1) is 14.2. The number of carbonyl (C=O) groups is 2. The number of amides is 2. The van der Waals surface area contributed by atoms with Crippen LogP contribution in [0, 0.1) is 5.41 Å². The first-order valence-electron chi connectivity index (χ1n) is 10.6. The fourth-order valence-electron chi connectivity index (χ4n) is 4.98. The number of hydrogen-bond acceptors (Lipinski definition) is 4. The molecule has 3 fully saturated rings. The van der Waals surface area contributed by atoms with Crippen LogP contribution in [0.4, 0.5) is 0 Å². The summed E-state index contributed by atoms with van der Waals surface area (Å²) in [5.41, 5.74) is 1.63. The monoisotopic (exact) mass is 390 g/mol. The minimum atomic E-state index is -0.0622. The third kappa shape index (κ3) is 3.52. The molecule has 6 heteroatoms. The maximum atomic E-state index is 13.2. The first kappa shape index (κ1) is 18.3. The van der Waals surface area contributed by atoms with Gasteiger partial charge in [-0.25, -0.2) is 4.98 Å². The third-order valence-corrected chi connectivity index (χ3v) is 6.81. The van der Waals surface area contributed by atoms with E-state index >= 15 is 0 Å². The van der Waals surface area contributed by atoms with Gasteiger partial charge in [-0.2, -0.15) is 0 Å². The molecule has 0 bridgehead atoms. The van der Waals surface area contributed by atoms with Gasteiger partial charge in [0.25, 0.3) is 5.91 Å². The van der Waals surface area contributed by atoms with Crippen LogP contribution in [0.25, 0.3) is 0 Å². The molecule has 3 heterocycles. The van der Waals surface area contributed by atoms with E-state index in [0.29, 0.717) is 30.7 Å². The number of carbonyl (C=O) groups excluding carboxylic acids is 2. The van der Waals surface area contributed by atoms with E-state index in [2.05, 4.69) is 27.0 Å². The summed E-state index contributed by atoms with van der Waals surface area (Å²) in [7, 11) is 0. The van der Waals surface area contributed by atoms with Crippen molar-refractivity contribution in [3.8, 4) is 0 Å². The van der Waals surface area contributed by atoms with Crippen molar-refractivity contribution in [3.63, 3.8) is 0 Å². The van der Waals surface area contributed by atoms with Gasteiger partial charge in [0.2, 0.25) is 5.91 Å². The van der Waals surface area contributed by atoms with Crippen molar-refractivity contribution in [2.24, 2.45) is 5.41 Å². The number of benzene rings is 1. The molecule has 0 unspecified atom stereocenters. The van der Waals surface area contributed by atoms with Gasteiger partial charge in [-0.3, -0.25) is 14.6 Å². The summed E-state index contributed by atoms with van der Waals surface area (Å²) in [6.45, 7) is 2.26. The molecule has 150 valence electrons. The van der Waals surface area contributed by atoms with Gasteiger partial charge in [0.1, 0.15) is 5.69 Å². The smallest absolute Gasteiger partial charge is 0.274 e. The Labute approximate surface area is 170 Å². The summed E-state index contributed by atoms with van der Waals surface area (Å²) >= 11 is 0. The molecule has 1 saturated carbocycles. The van der Waals surface area contributed by atoms with Crippen molar-refractivity contribution in [2.45, 2.75) is 44.1 Å². The molecule has 2 aliphatic heterocycles. The van der Waals surface area contributed by atoms with Gasteiger partial charge in [-0.1, -0.05) is 30.3 Å². The van der Waals surface area contributed by atoms with Crippen LogP contribution in [-0.2, 0) is 4.79 Å². The second-order valence-electron chi connectivity index (χ2n) is 8.75. The zero-order valence-corrected chi connectivity index (χ0v) is 16.5. The van der Waals surface area contributed by atoms with Crippen LogP contribution in [0.3, 0.4) is 0 Å². The average Bonchev–Trinajstić information content (AvgIpc) is 3.62. The van der Waals surface area contributed by atoms with E-state index in [0.717, 1.165) is 44.2 Å². The summed E-state index contributed by atoms with van der Waals surface area (Å²) < 4.78 is 0. The molecule has 1 aromatic heterocycles. The summed E-state index contributed by atoms with van der Waals surface area (Å²) in [6, 6.07) is 10.6. The molecule has 0 N–H and O–H groups in total. The molecule has 29 heavy (non-hydrogen) atoms. The summed E-state index contributed by atoms with van der Waals surface area (Å²) in [4.78, 5) is 38.2. The van der Waals surface area contributed by atoms with E-state index in [1.165, 1.54) is 6.20 Å². The van der Waals surface area contributed by atoms with Crippen LogP contribution in [0.2, 0.25) is 0 Å². The van der Waals surface area contributed by atoms with Crippen molar-refractivity contribution in [2.75, 3.05) is 19.6 Å². The zero-order valence-electron chi connectivity index (χ0n) is 16.5. The Morgan fingerprint density at radius 3 is 2.48 bits per heavy atom. The van der Waals surface area contributed by atoms with Gasteiger partial charge in [0, 0.05) is 38.1 Å². The maximum absolute atomic E-state index is 13.2. The third-order valence-electron chi connectivity index (χ3n) is 6.81. The van der Waals surface area contributed by atoms with Crippen molar-refractivity contribution in [3.05, 3.63) is 60.2 Å². The number of aromatic nitrogens is 2. The molecular formula is C23H26N4O2. The zero-order chi connectivity index (χ0) is 19.8. The van der Waals surface area contributed by atoms with Crippen LogP contribution < -0.4 is 0 Å². The Balaban J connectivity index is 1.35. The normalized spacial score (nSPS) is 24.0. The Kier molecular flexibility index (Phi) is 4.57. The molecule has 5 rings (SSSR count). The molecule has 2 saturated heterocycles. The molecule has 3 aliphatic rings. The molecule has 1 aromatic carbocycles. The van der Waals surface area contributed by atoms with Gasteiger partial charge in [-0.15, -0.1) is 0 Å². The number of nitrogens with zero attached hydrogens (tertiary/aromatic N) is 4. The second kappa shape index (κ2) is 7.25. The van der Waals surface area contributed by atoms with Crippen LogP contribution in [0.15, 0.2) is 48.9 Å². The number of likely N-dealkylation sites (tertiary alicyclic amines) is 2. The number of piperidine rings is 2. The highest BCUT2D eigenvalue weighted by molar-refractivity contribution is 5.92. The van der Waals surface area contributed by atoms with Crippen LogP contribution in [-0.4, -0.2) is 57.3 Å². The number of hydrogen-bond donors (Lipinski definition) is 0. The average molecular weight is 390 g/mol. The van der Waals surface area contributed by atoms with Crippen molar-refractivity contribution < 1.29 is 9.59 Å². The molecule has 2 aromatic rings. The second-order valence-corrected chi connectivity index (χ2v) is 8.75. The molecule has 1 aliphatic carbocycles. The molecular weight excluding hydrogens is 364 g/mol. The van der Waals surface area contributed by atoms with E-state index in [-0.39, 0.29) is 17.2 Å². The minimum Gasteiger partial charge on any atom is -0.339 e. The first-order valence-corrected chi connectivity index (χ1v) is 10.6. The van der Waals surface area contributed by atoms with E-state index in [1.807, 2.05) is 23.1 Å². The lowest BCUT2D eigenvalue weighted by molar-refractivity contribution is -0.142. The van der Waals surface area contributed by atoms with Crippen molar-refractivity contribution in [1.82, 2.24) is 19.8 Å². The van der Waals surface area contributed by atoms with Gasteiger partial charge in [0.05, 0.1) is 12.1 Å². The van der Waals surface area contributed by atoms with Gasteiger partial charge in [-0.05, 0) is 43.1 Å². The Bertz CT molecular complexity index is 890. The predicted molar refractivity (Wildman–Crippen MR) is 108 cm³/mol. The predicted octanol–water partition coefficient (Wildman–Crippen LogP) is 2.88. The van der Waals surface area contributed by atoms with E-state index in [4.69, 9.17) is 0 Å². The highest BCUT2D eigenvalue weighted by Crippen LogP contribution is 2.48. The lowest BCUT2D eigenvalue weighted by Gasteiger charge is -2.50. The van der Waals surface area contributed by atoms with E-state index in [9.17, 15) is 9.59 Å². The fraction of sp³-hybridized carbons (Fsp3) is 0.478. The van der Waals surface area contributed by atoms with Crippen molar-refractivity contribution in [1.29, 1.82) is 0 Å². The quantitative estimate of drug-likeness (QED) is 0.808. The van der Waals surface area contributed by atoms with Gasteiger partial charge >= 0.3 is 0 Å². The van der Waals surface area contributed by atoms with E-state index in [1.54, 1.807) is 12.4 Å². The molecule has 2 amide bonds. The Morgan fingerprint density at radius 1 is 1.07 bits per heavy atom. The molecule has 1 atom stereocenters. The maximum Gasteiger partial charge on any atom is 0.274 e. The lowest BCUT2D eigenvalue weighted by atomic mass is 9.67. The largest absolute Gasteiger partial charge is 0.339 e. The fourth-order valence-corrected chi connectivity index (χ4v) is 4.98. The van der Waals surface area contributed by atoms with Gasteiger partial charge < -0.3 is 9.80 Å². The minimum absolute atomic E-state index is 0.0431. The topological polar surface area (TPSA) is 66.4 Å². The SMILES string of the molecule is O=C(c1cnccn1)N1CCC2(CC1)C[C@@H](c1ccccc1)C(=O)N(C1CC1)C2.